The summed E-state index contributed by atoms with van der Waals surface area (Å²) in [6.07, 6.45) is 0. The van der Waals surface area contributed by atoms with Gasteiger partial charge in [-0.25, -0.2) is 9.59 Å². The van der Waals surface area contributed by atoms with Crippen molar-refractivity contribution in [3.8, 4) is 11.5 Å². The van der Waals surface area contributed by atoms with Gasteiger partial charge in [-0.3, -0.25) is 0 Å². The number of phenolic OH excluding ortho intramolecular Hbond substituents is 1. The number of carbonyl (C=O) groups excluding carboxylic acids is 1. The molecule has 0 unspecified atom stereocenters. The van der Waals surface area contributed by atoms with Gasteiger partial charge in [0.05, 0.1) is 0 Å². The van der Waals surface area contributed by atoms with Crippen LogP contribution in [0.4, 0.5) is 0 Å². The molecule has 92 valence electrons. The highest BCUT2D eigenvalue weighted by Crippen LogP contribution is 2.27. The number of hydrogen-bond acceptors (Lipinski definition) is 6. The monoisotopic (exact) mass is 242 g/mol. The minimum atomic E-state index is -1.42. The zero-order valence-corrected chi connectivity index (χ0v) is 8.84. The SMILES string of the molecule is COCOC(=O)c1cc(O)c(C(=O)O)cc1O. The van der Waals surface area contributed by atoms with Crippen molar-refractivity contribution in [2.45, 2.75) is 0 Å². The molecule has 0 fully saturated rings. The molecule has 0 saturated heterocycles. The summed E-state index contributed by atoms with van der Waals surface area (Å²) in [6.45, 7) is -0.320. The minimum Gasteiger partial charge on any atom is -0.507 e. The van der Waals surface area contributed by atoms with Crippen molar-refractivity contribution in [3.63, 3.8) is 0 Å². The Morgan fingerprint density at radius 1 is 1.18 bits per heavy atom. The summed E-state index contributed by atoms with van der Waals surface area (Å²) in [5, 5.41) is 27.4. The highest BCUT2D eigenvalue weighted by molar-refractivity contribution is 5.97. The van der Waals surface area contributed by atoms with Crippen molar-refractivity contribution < 1.29 is 34.4 Å². The van der Waals surface area contributed by atoms with E-state index in [4.69, 9.17) is 5.11 Å². The molecule has 0 radical (unpaired) electrons. The second-order valence-corrected chi connectivity index (χ2v) is 3.03. The Hall–Kier alpha value is -2.28. The maximum Gasteiger partial charge on any atom is 0.344 e. The first kappa shape index (κ1) is 12.8. The number of carboxylic acids is 1. The number of methoxy groups -OCH3 is 1. The fraction of sp³-hybridized carbons (Fsp3) is 0.200. The predicted molar refractivity (Wildman–Crippen MR) is 54.0 cm³/mol. The highest BCUT2D eigenvalue weighted by Gasteiger charge is 2.19. The Balaban J connectivity index is 3.07. The molecule has 0 aromatic heterocycles. The summed E-state index contributed by atoms with van der Waals surface area (Å²) in [5.74, 6) is -3.59. The third-order valence-electron chi connectivity index (χ3n) is 1.87. The van der Waals surface area contributed by atoms with E-state index >= 15 is 0 Å². The maximum absolute atomic E-state index is 11.3. The topological polar surface area (TPSA) is 113 Å². The van der Waals surface area contributed by atoms with Crippen LogP contribution in [0.15, 0.2) is 12.1 Å². The van der Waals surface area contributed by atoms with E-state index in [1.165, 1.54) is 7.11 Å². The van der Waals surface area contributed by atoms with Crippen molar-refractivity contribution in [3.05, 3.63) is 23.3 Å². The molecule has 0 heterocycles. The number of benzene rings is 1. The molecule has 7 heteroatoms. The van der Waals surface area contributed by atoms with Gasteiger partial charge in [0.25, 0.3) is 0 Å². The lowest BCUT2D eigenvalue weighted by Gasteiger charge is -2.07. The lowest BCUT2D eigenvalue weighted by molar-refractivity contribution is -0.0127. The van der Waals surface area contributed by atoms with Gasteiger partial charge in [-0.15, -0.1) is 0 Å². The molecule has 0 aliphatic heterocycles. The van der Waals surface area contributed by atoms with Crippen LogP contribution >= 0.6 is 0 Å². The van der Waals surface area contributed by atoms with E-state index in [1.807, 2.05) is 0 Å². The smallest absolute Gasteiger partial charge is 0.344 e. The van der Waals surface area contributed by atoms with E-state index in [-0.39, 0.29) is 12.4 Å². The predicted octanol–water partition coefficient (Wildman–Crippen LogP) is 0.557. The maximum atomic E-state index is 11.3. The summed E-state index contributed by atoms with van der Waals surface area (Å²) >= 11 is 0. The number of carbonyl (C=O) groups is 2. The molecule has 1 aromatic carbocycles. The summed E-state index contributed by atoms with van der Waals surface area (Å²) < 4.78 is 9.02. The molecule has 3 N–H and O–H groups in total. The molecular weight excluding hydrogens is 232 g/mol. The molecule has 1 rings (SSSR count). The van der Waals surface area contributed by atoms with Crippen molar-refractivity contribution in [2.24, 2.45) is 0 Å². The van der Waals surface area contributed by atoms with E-state index in [2.05, 4.69) is 9.47 Å². The number of rotatable bonds is 4. The zero-order chi connectivity index (χ0) is 13.0. The number of ether oxygens (including phenoxy) is 2. The Morgan fingerprint density at radius 2 is 1.71 bits per heavy atom. The fourth-order valence-corrected chi connectivity index (χ4v) is 1.10. The van der Waals surface area contributed by atoms with Crippen LogP contribution in [0.3, 0.4) is 0 Å². The van der Waals surface area contributed by atoms with Gasteiger partial charge in [-0.2, -0.15) is 0 Å². The van der Waals surface area contributed by atoms with Crippen molar-refractivity contribution in [1.29, 1.82) is 0 Å². The van der Waals surface area contributed by atoms with Crippen LogP contribution in [0.5, 0.6) is 11.5 Å². The second-order valence-electron chi connectivity index (χ2n) is 3.03. The number of aromatic hydroxyl groups is 2. The van der Waals surface area contributed by atoms with Crippen molar-refractivity contribution in [2.75, 3.05) is 13.9 Å². The summed E-state index contributed by atoms with van der Waals surface area (Å²) in [6, 6.07) is 1.58. The second kappa shape index (κ2) is 5.17. The van der Waals surface area contributed by atoms with Crippen LogP contribution in [0, 0.1) is 0 Å². The Bertz CT molecular complexity index is 452. The van der Waals surface area contributed by atoms with Crippen LogP contribution in [-0.4, -0.2) is 41.2 Å². The van der Waals surface area contributed by atoms with E-state index in [0.29, 0.717) is 0 Å². The van der Waals surface area contributed by atoms with Gasteiger partial charge in [-0.1, -0.05) is 0 Å². The highest BCUT2D eigenvalue weighted by atomic mass is 16.7. The molecule has 17 heavy (non-hydrogen) atoms. The van der Waals surface area contributed by atoms with Crippen LogP contribution in [0.2, 0.25) is 0 Å². The number of phenols is 2. The molecule has 0 aliphatic rings. The summed E-state index contributed by atoms with van der Waals surface area (Å²) in [7, 11) is 1.30. The third kappa shape index (κ3) is 2.85. The largest absolute Gasteiger partial charge is 0.507 e. The van der Waals surface area contributed by atoms with Gasteiger partial charge in [0, 0.05) is 7.11 Å². The van der Waals surface area contributed by atoms with Crippen molar-refractivity contribution in [1.82, 2.24) is 0 Å². The molecule has 0 amide bonds. The Morgan fingerprint density at radius 3 is 2.24 bits per heavy atom. The third-order valence-corrected chi connectivity index (χ3v) is 1.87. The van der Waals surface area contributed by atoms with E-state index < -0.39 is 29.0 Å². The van der Waals surface area contributed by atoms with Gasteiger partial charge < -0.3 is 24.8 Å². The molecule has 0 spiro atoms. The molecule has 0 bridgehead atoms. The quantitative estimate of drug-likeness (QED) is 0.401. The molecule has 0 saturated carbocycles. The molecule has 0 atom stereocenters. The first-order valence-corrected chi connectivity index (χ1v) is 4.42. The molecular formula is C10H10O7. The average Bonchev–Trinajstić information content (AvgIpc) is 2.28. The average molecular weight is 242 g/mol. The first-order valence-electron chi connectivity index (χ1n) is 4.42. The summed E-state index contributed by atoms with van der Waals surface area (Å²) in [4.78, 5) is 22.0. The normalized spacial score (nSPS) is 9.94. The Kier molecular flexibility index (Phi) is 3.89. The first-order chi connectivity index (χ1) is 7.97. The molecule has 0 aliphatic carbocycles. The number of carboxylic acid groups (broad SMARTS) is 1. The molecule has 7 nitrogen and oxygen atoms in total. The standard InChI is InChI=1S/C10H10O7/c1-16-4-17-10(15)6-3-7(11)5(9(13)14)2-8(6)12/h2-3,11-12H,4H2,1H3,(H,13,14). The Labute approximate surface area is 95.8 Å². The van der Waals surface area contributed by atoms with E-state index in [0.717, 1.165) is 12.1 Å². The van der Waals surface area contributed by atoms with Crippen LogP contribution in [0.1, 0.15) is 20.7 Å². The number of esters is 1. The lowest BCUT2D eigenvalue weighted by atomic mass is 10.1. The zero-order valence-electron chi connectivity index (χ0n) is 8.84. The van der Waals surface area contributed by atoms with Crippen LogP contribution < -0.4 is 0 Å². The number of aromatic carboxylic acids is 1. The van der Waals surface area contributed by atoms with Crippen LogP contribution in [0.25, 0.3) is 0 Å². The van der Waals surface area contributed by atoms with E-state index in [1.54, 1.807) is 0 Å². The molecule has 1 aromatic rings. The van der Waals surface area contributed by atoms with Gasteiger partial charge in [0.1, 0.15) is 22.6 Å². The van der Waals surface area contributed by atoms with Gasteiger partial charge >= 0.3 is 11.9 Å². The van der Waals surface area contributed by atoms with Crippen molar-refractivity contribution >= 4 is 11.9 Å². The van der Waals surface area contributed by atoms with Gasteiger partial charge in [-0.05, 0) is 12.1 Å². The van der Waals surface area contributed by atoms with Gasteiger partial charge in [0.2, 0.25) is 0 Å². The fourth-order valence-electron chi connectivity index (χ4n) is 1.10. The number of hydrogen-bond donors (Lipinski definition) is 3. The summed E-state index contributed by atoms with van der Waals surface area (Å²) in [5.41, 5.74) is -0.852. The van der Waals surface area contributed by atoms with E-state index in [9.17, 15) is 19.8 Å². The minimum absolute atomic E-state index is 0.320. The lowest BCUT2D eigenvalue weighted by Crippen LogP contribution is -2.08. The van der Waals surface area contributed by atoms with Crippen LogP contribution in [-0.2, 0) is 9.47 Å². The van der Waals surface area contributed by atoms with Gasteiger partial charge in [0.15, 0.2) is 6.79 Å².